The molecular weight excluding hydrogens is 352 g/mol. The van der Waals surface area contributed by atoms with Gasteiger partial charge in [0.05, 0.1) is 12.6 Å². The summed E-state index contributed by atoms with van der Waals surface area (Å²) in [5.41, 5.74) is 5.47. The Morgan fingerprint density at radius 3 is 2.67 bits per heavy atom. The Hall–Kier alpha value is -1.65. The fourth-order valence-corrected chi connectivity index (χ4v) is 2.22. The minimum Gasteiger partial charge on any atom is -0.273 e. The molecule has 0 spiro atoms. The lowest BCUT2D eigenvalue weighted by Crippen LogP contribution is -2.19. The van der Waals surface area contributed by atoms with Crippen LogP contribution in [-0.2, 0) is 11.2 Å². The molecule has 0 aliphatic heterocycles. The monoisotopic (exact) mass is 364 g/mol. The third-order valence-corrected chi connectivity index (χ3v) is 3.98. The van der Waals surface area contributed by atoms with Gasteiger partial charge in [0.25, 0.3) is 0 Å². The van der Waals surface area contributed by atoms with E-state index in [0.717, 1.165) is 21.2 Å². The van der Waals surface area contributed by atoms with Crippen molar-refractivity contribution in [1.82, 2.24) is 5.43 Å². The molecule has 108 valence electrons. The fourth-order valence-electron chi connectivity index (χ4n) is 1.70. The summed E-state index contributed by atoms with van der Waals surface area (Å²) in [7, 11) is 0. The van der Waals surface area contributed by atoms with Crippen LogP contribution < -0.4 is 5.43 Å². The van der Waals surface area contributed by atoms with E-state index >= 15 is 0 Å². The van der Waals surface area contributed by atoms with E-state index in [9.17, 15) is 4.79 Å². The molecule has 0 radical (unpaired) electrons. The van der Waals surface area contributed by atoms with Crippen LogP contribution in [0.1, 0.15) is 16.7 Å². The summed E-state index contributed by atoms with van der Waals surface area (Å²) in [5, 5.41) is 4.61. The largest absolute Gasteiger partial charge is 0.273 e. The summed E-state index contributed by atoms with van der Waals surface area (Å²) in [4.78, 5) is 11.7. The average Bonchev–Trinajstić information content (AvgIpc) is 2.45. The van der Waals surface area contributed by atoms with Crippen LogP contribution in [0.2, 0.25) is 5.02 Å². The average molecular weight is 366 g/mol. The molecule has 3 nitrogen and oxygen atoms in total. The Bertz CT molecular complexity index is 668. The maximum Gasteiger partial charge on any atom is 0.244 e. The van der Waals surface area contributed by atoms with Crippen LogP contribution in [0.5, 0.6) is 0 Å². The quantitative estimate of drug-likeness (QED) is 0.643. The van der Waals surface area contributed by atoms with Crippen LogP contribution in [0.15, 0.2) is 52.0 Å². The second-order valence-electron chi connectivity index (χ2n) is 4.61. The van der Waals surface area contributed by atoms with Crippen LogP contribution in [-0.4, -0.2) is 12.1 Å². The lowest BCUT2D eigenvalue weighted by atomic mass is 10.1. The lowest BCUT2D eigenvalue weighted by Gasteiger charge is -2.01. The molecule has 0 aliphatic rings. The van der Waals surface area contributed by atoms with Crippen molar-refractivity contribution >= 4 is 39.7 Å². The number of aryl methyl sites for hydroxylation is 1. The van der Waals surface area contributed by atoms with E-state index in [2.05, 4.69) is 26.5 Å². The van der Waals surface area contributed by atoms with E-state index in [0.29, 0.717) is 5.02 Å². The van der Waals surface area contributed by atoms with Crippen molar-refractivity contribution in [1.29, 1.82) is 0 Å². The minimum absolute atomic E-state index is 0.167. The van der Waals surface area contributed by atoms with Gasteiger partial charge in [0.2, 0.25) is 5.91 Å². The highest BCUT2D eigenvalue weighted by atomic mass is 79.9. The highest BCUT2D eigenvalue weighted by molar-refractivity contribution is 9.10. The number of hydrogen-bond acceptors (Lipinski definition) is 2. The molecule has 21 heavy (non-hydrogen) atoms. The number of carbonyl (C=O) groups excluding carboxylic acids is 1. The molecule has 0 aliphatic carbocycles. The molecule has 0 unspecified atom stereocenters. The van der Waals surface area contributed by atoms with Gasteiger partial charge in [-0.2, -0.15) is 5.10 Å². The lowest BCUT2D eigenvalue weighted by molar-refractivity contribution is -0.120. The minimum atomic E-state index is -0.167. The molecule has 5 heteroatoms. The van der Waals surface area contributed by atoms with Crippen molar-refractivity contribution in [3.63, 3.8) is 0 Å². The smallest absolute Gasteiger partial charge is 0.244 e. The Kier molecular flexibility index (Phi) is 5.53. The summed E-state index contributed by atoms with van der Waals surface area (Å²) in [6, 6.07) is 13.0. The normalized spacial score (nSPS) is 10.8. The molecule has 2 rings (SSSR count). The van der Waals surface area contributed by atoms with E-state index in [4.69, 9.17) is 11.6 Å². The topological polar surface area (TPSA) is 41.5 Å². The summed E-state index contributed by atoms with van der Waals surface area (Å²) in [6.07, 6.45) is 1.88. The first-order valence-corrected chi connectivity index (χ1v) is 7.54. The number of nitrogens with one attached hydrogen (secondary N) is 1. The third kappa shape index (κ3) is 4.99. The highest BCUT2D eigenvalue weighted by Gasteiger charge is 2.02. The summed E-state index contributed by atoms with van der Waals surface area (Å²) < 4.78 is 1.01. The molecule has 0 atom stereocenters. The van der Waals surface area contributed by atoms with E-state index in [1.165, 1.54) is 0 Å². The van der Waals surface area contributed by atoms with Crippen LogP contribution in [0.25, 0.3) is 0 Å². The zero-order valence-corrected chi connectivity index (χ0v) is 13.8. The zero-order valence-electron chi connectivity index (χ0n) is 11.4. The van der Waals surface area contributed by atoms with Crippen LogP contribution >= 0.6 is 27.5 Å². The number of hydrazone groups is 1. The first kappa shape index (κ1) is 15.7. The van der Waals surface area contributed by atoms with E-state index < -0.39 is 0 Å². The second-order valence-corrected chi connectivity index (χ2v) is 5.90. The Balaban J connectivity index is 1.89. The van der Waals surface area contributed by atoms with E-state index in [1.54, 1.807) is 18.3 Å². The van der Waals surface area contributed by atoms with Crippen LogP contribution in [0.4, 0.5) is 0 Å². The predicted molar refractivity (Wildman–Crippen MR) is 89.8 cm³/mol. The van der Waals surface area contributed by atoms with Gasteiger partial charge in [0.15, 0.2) is 0 Å². The number of hydrogen-bond donors (Lipinski definition) is 1. The van der Waals surface area contributed by atoms with Crippen molar-refractivity contribution in [2.75, 3.05) is 0 Å². The molecule has 0 heterocycles. The number of halogens is 2. The Morgan fingerprint density at radius 2 is 2.00 bits per heavy atom. The first-order valence-electron chi connectivity index (χ1n) is 6.37. The van der Waals surface area contributed by atoms with Gasteiger partial charge in [0.1, 0.15) is 0 Å². The third-order valence-electron chi connectivity index (χ3n) is 2.88. The van der Waals surface area contributed by atoms with Crippen molar-refractivity contribution in [2.45, 2.75) is 13.3 Å². The predicted octanol–water partition coefficient (Wildman–Crippen LogP) is 4.10. The number of carbonyl (C=O) groups is 1. The molecular formula is C16H14BrClN2O. The number of amides is 1. The van der Waals surface area contributed by atoms with Crippen molar-refractivity contribution in [3.8, 4) is 0 Å². The Labute approximate surface area is 137 Å². The summed E-state index contributed by atoms with van der Waals surface area (Å²) >= 11 is 9.25. The maximum absolute atomic E-state index is 11.7. The van der Waals surface area contributed by atoms with Gasteiger partial charge in [-0.3, -0.25) is 4.79 Å². The van der Waals surface area contributed by atoms with Crippen molar-refractivity contribution in [3.05, 3.63) is 68.7 Å². The van der Waals surface area contributed by atoms with Crippen LogP contribution in [0.3, 0.4) is 0 Å². The summed E-state index contributed by atoms with van der Waals surface area (Å²) in [6.45, 7) is 2.01. The van der Waals surface area contributed by atoms with Crippen molar-refractivity contribution in [2.24, 2.45) is 5.10 Å². The maximum atomic E-state index is 11.7. The molecule has 0 fully saturated rings. The summed E-state index contributed by atoms with van der Waals surface area (Å²) in [5.74, 6) is -0.167. The van der Waals surface area contributed by atoms with Gasteiger partial charge < -0.3 is 0 Å². The SMILES string of the molecule is Cc1ccc(/C=N\NC(=O)Cc2ccc(Cl)cc2)cc1Br. The van der Waals surface area contributed by atoms with E-state index in [-0.39, 0.29) is 12.3 Å². The molecule has 0 aromatic heterocycles. The van der Waals surface area contributed by atoms with E-state index in [1.807, 2.05) is 37.3 Å². The van der Waals surface area contributed by atoms with Crippen molar-refractivity contribution < 1.29 is 4.79 Å². The molecule has 2 aromatic rings. The molecule has 0 bridgehead atoms. The van der Waals surface area contributed by atoms with Gasteiger partial charge in [-0.15, -0.1) is 0 Å². The Morgan fingerprint density at radius 1 is 1.29 bits per heavy atom. The van der Waals surface area contributed by atoms with Gasteiger partial charge >= 0.3 is 0 Å². The number of nitrogens with zero attached hydrogens (tertiary/aromatic N) is 1. The molecule has 0 saturated carbocycles. The van der Waals surface area contributed by atoms with Gasteiger partial charge in [0, 0.05) is 9.50 Å². The molecule has 0 saturated heterocycles. The molecule has 1 amide bonds. The van der Waals surface area contributed by atoms with Gasteiger partial charge in [-0.1, -0.05) is 51.8 Å². The second kappa shape index (κ2) is 7.38. The first-order chi connectivity index (χ1) is 10.0. The highest BCUT2D eigenvalue weighted by Crippen LogP contribution is 2.16. The fraction of sp³-hybridized carbons (Fsp3) is 0.125. The molecule has 1 N–H and O–H groups in total. The molecule has 2 aromatic carbocycles. The van der Waals surface area contributed by atoms with Crippen LogP contribution in [0, 0.1) is 6.92 Å². The number of benzene rings is 2. The van der Waals surface area contributed by atoms with Gasteiger partial charge in [-0.05, 0) is 41.8 Å². The standard InChI is InChI=1S/C16H14BrClN2O/c1-11-2-3-13(8-15(11)17)10-19-20-16(21)9-12-4-6-14(18)7-5-12/h2-8,10H,9H2,1H3,(H,20,21)/b19-10-. The zero-order chi connectivity index (χ0) is 15.2. The van der Waals surface area contributed by atoms with Gasteiger partial charge in [-0.25, -0.2) is 5.43 Å². The number of rotatable bonds is 4.